The molecule has 2 aromatic heterocycles. The van der Waals surface area contributed by atoms with Crippen molar-refractivity contribution in [1.29, 1.82) is 0 Å². The van der Waals surface area contributed by atoms with Crippen LogP contribution in [0.5, 0.6) is 5.75 Å². The predicted molar refractivity (Wildman–Crippen MR) is 110 cm³/mol. The highest BCUT2D eigenvalue weighted by atomic mass is 35.5. The lowest BCUT2D eigenvalue weighted by molar-refractivity contribution is -0.137. The first-order valence-corrected chi connectivity index (χ1v) is 10.1. The van der Waals surface area contributed by atoms with Crippen LogP contribution in [-0.2, 0) is 6.18 Å². The minimum atomic E-state index is -4.47. The van der Waals surface area contributed by atoms with E-state index in [2.05, 4.69) is 5.10 Å². The van der Waals surface area contributed by atoms with Crippen LogP contribution in [0, 0.1) is 6.92 Å². The summed E-state index contributed by atoms with van der Waals surface area (Å²) >= 11 is 13.0. The largest absolute Gasteiger partial charge is 0.421 e. The standard InChI is InChI=1S/C20H11Cl2F3N2O2S/c1-10-13-9-16(19(28)29-15-7-3-6-14(21)17(15)22)30-18(13)27(26-10)12-5-2-4-11(8-12)20(23,24)25/h2-9H,1H3. The fourth-order valence-corrected chi connectivity index (χ4v) is 4.24. The number of benzene rings is 2. The topological polar surface area (TPSA) is 44.1 Å². The molecule has 0 fully saturated rings. The van der Waals surface area contributed by atoms with Gasteiger partial charge in [0.25, 0.3) is 0 Å². The van der Waals surface area contributed by atoms with Gasteiger partial charge in [-0.05, 0) is 43.3 Å². The van der Waals surface area contributed by atoms with Crippen molar-refractivity contribution in [2.45, 2.75) is 13.1 Å². The molecule has 0 saturated carbocycles. The van der Waals surface area contributed by atoms with Gasteiger partial charge in [-0.15, -0.1) is 11.3 Å². The van der Waals surface area contributed by atoms with Gasteiger partial charge >= 0.3 is 12.1 Å². The Balaban J connectivity index is 1.72. The van der Waals surface area contributed by atoms with Crippen molar-refractivity contribution in [2.75, 3.05) is 0 Å². The summed E-state index contributed by atoms with van der Waals surface area (Å²) in [6.45, 7) is 1.71. The van der Waals surface area contributed by atoms with E-state index in [-0.39, 0.29) is 26.4 Å². The Hall–Kier alpha value is -2.55. The summed E-state index contributed by atoms with van der Waals surface area (Å²) < 4.78 is 45.9. The van der Waals surface area contributed by atoms with E-state index in [9.17, 15) is 18.0 Å². The third kappa shape index (κ3) is 3.78. The first-order chi connectivity index (χ1) is 14.1. The molecule has 0 N–H and O–H groups in total. The number of aromatic nitrogens is 2. The molecular formula is C20H11Cl2F3N2O2S. The highest BCUT2D eigenvalue weighted by molar-refractivity contribution is 7.20. The maximum atomic E-state index is 13.1. The summed E-state index contributed by atoms with van der Waals surface area (Å²) in [4.78, 5) is 13.4. The van der Waals surface area contributed by atoms with Gasteiger partial charge in [-0.3, -0.25) is 0 Å². The SMILES string of the molecule is Cc1nn(-c2cccc(C(F)(F)F)c2)c2sc(C(=O)Oc3cccc(Cl)c3Cl)cc12. The summed E-state index contributed by atoms with van der Waals surface area (Å²) in [6.07, 6.45) is -4.47. The smallest absolute Gasteiger partial charge is 0.416 e. The molecule has 30 heavy (non-hydrogen) atoms. The number of fused-ring (bicyclic) bond motifs is 1. The van der Waals surface area contributed by atoms with Crippen LogP contribution in [-0.4, -0.2) is 15.7 Å². The van der Waals surface area contributed by atoms with E-state index in [1.165, 1.54) is 22.9 Å². The lowest BCUT2D eigenvalue weighted by Gasteiger charge is -2.09. The molecule has 0 aliphatic rings. The first-order valence-electron chi connectivity index (χ1n) is 8.48. The van der Waals surface area contributed by atoms with E-state index >= 15 is 0 Å². The van der Waals surface area contributed by atoms with E-state index < -0.39 is 17.7 Å². The molecule has 0 unspecified atom stereocenters. The Morgan fingerprint density at radius 3 is 2.60 bits per heavy atom. The van der Waals surface area contributed by atoms with Crippen molar-refractivity contribution in [3.8, 4) is 11.4 Å². The zero-order valence-electron chi connectivity index (χ0n) is 15.1. The molecule has 0 radical (unpaired) electrons. The van der Waals surface area contributed by atoms with Crippen molar-refractivity contribution >= 4 is 50.7 Å². The zero-order chi connectivity index (χ0) is 21.6. The molecule has 10 heteroatoms. The first kappa shape index (κ1) is 20.7. The molecule has 0 bridgehead atoms. The van der Waals surface area contributed by atoms with Crippen LogP contribution in [0.4, 0.5) is 13.2 Å². The summed E-state index contributed by atoms with van der Waals surface area (Å²) in [6, 6.07) is 11.1. The maximum absolute atomic E-state index is 13.1. The van der Waals surface area contributed by atoms with Gasteiger partial charge in [0.05, 0.1) is 22.0 Å². The number of nitrogens with zero attached hydrogens (tertiary/aromatic N) is 2. The van der Waals surface area contributed by atoms with Gasteiger partial charge in [-0.1, -0.05) is 35.3 Å². The third-order valence-electron chi connectivity index (χ3n) is 4.28. The van der Waals surface area contributed by atoms with Gasteiger partial charge in [0.1, 0.15) is 14.7 Å². The zero-order valence-corrected chi connectivity index (χ0v) is 17.5. The van der Waals surface area contributed by atoms with Gasteiger partial charge in [0.2, 0.25) is 0 Å². The van der Waals surface area contributed by atoms with Gasteiger partial charge < -0.3 is 4.74 Å². The quantitative estimate of drug-likeness (QED) is 0.240. The predicted octanol–water partition coefficient (Wildman–Crippen LogP) is 6.94. The van der Waals surface area contributed by atoms with Crippen LogP contribution in [0.2, 0.25) is 10.0 Å². The second-order valence-electron chi connectivity index (χ2n) is 6.32. The molecule has 4 nitrogen and oxygen atoms in total. The van der Waals surface area contributed by atoms with E-state index in [1.54, 1.807) is 25.1 Å². The molecule has 2 aromatic carbocycles. The molecular weight excluding hydrogens is 460 g/mol. The fraction of sp³-hybridized carbons (Fsp3) is 0.100. The molecule has 0 aliphatic heterocycles. The van der Waals surface area contributed by atoms with Crippen LogP contribution >= 0.6 is 34.5 Å². The minimum absolute atomic E-state index is 0.111. The van der Waals surface area contributed by atoms with Gasteiger partial charge in [-0.25, -0.2) is 9.48 Å². The summed E-state index contributed by atoms with van der Waals surface area (Å²) in [5.41, 5.74) is 0.0224. The average Bonchev–Trinajstić information content (AvgIpc) is 3.26. The summed E-state index contributed by atoms with van der Waals surface area (Å²) in [5.74, 6) is -0.543. The van der Waals surface area contributed by atoms with Gasteiger partial charge in [-0.2, -0.15) is 18.3 Å². The Labute approximate surface area is 182 Å². The number of alkyl halides is 3. The number of halogens is 5. The number of carbonyl (C=O) groups excluding carboxylic acids is 1. The van der Waals surface area contributed by atoms with Gasteiger partial charge in [0, 0.05) is 5.39 Å². The Morgan fingerprint density at radius 1 is 1.13 bits per heavy atom. The van der Waals surface area contributed by atoms with Crippen LogP contribution in [0.25, 0.3) is 15.9 Å². The maximum Gasteiger partial charge on any atom is 0.416 e. The molecule has 0 saturated heterocycles. The Bertz CT molecular complexity index is 1280. The second-order valence-corrected chi connectivity index (χ2v) is 8.13. The number of hydrogen-bond donors (Lipinski definition) is 0. The van der Waals surface area contributed by atoms with Crippen molar-refractivity contribution < 1.29 is 22.7 Å². The number of thiophene rings is 1. The number of rotatable bonds is 3. The fourth-order valence-electron chi connectivity index (χ4n) is 2.85. The molecule has 154 valence electrons. The van der Waals surface area contributed by atoms with Crippen LogP contribution in [0.3, 0.4) is 0 Å². The van der Waals surface area contributed by atoms with Crippen molar-refractivity contribution in [2.24, 2.45) is 0 Å². The summed E-state index contributed by atoms with van der Waals surface area (Å²) in [5, 5.41) is 5.32. The molecule has 0 aliphatic carbocycles. The molecule has 0 amide bonds. The minimum Gasteiger partial charge on any atom is -0.421 e. The lowest BCUT2D eigenvalue weighted by atomic mass is 10.2. The van der Waals surface area contributed by atoms with E-state index in [0.29, 0.717) is 15.9 Å². The number of esters is 1. The Morgan fingerprint density at radius 2 is 1.87 bits per heavy atom. The lowest BCUT2D eigenvalue weighted by Crippen LogP contribution is -2.07. The number of ether oxygens (including phenoxy) is 1. The number of carbonyl (C=O) groups is 1. The second kappa shape index (κ2) is 7.61. The number of hydrogen-bond acceptors (Lipinski definition) is 4. The van der Waals surface area contributed by atoms with Crippen LogP contribution in [0.1, 0.15) is 20.9 Å². The van der Waals surface area contributed by atoms with E-state index in [0.717, 1.165) is 23.5 Å². The molecule has 0 spiro atoms. The Kier molecular flexibility index (Phi) is 5.25. The average molecular weight is 471 g/mol. The van der Waals surface area contributed by atoms with E-state index in [4.69, 9.17) is 27.9 Å². The van der Waals surface area contributed by atoms with E-state index in [1.807, 2.05) is 0 Å². The molecule has 0 atom stereocenters. The van der Waals surface area contributed by atoms with Crippen molar-refractivity contribution in [3.05, 3.63) is 74.7 Å². The van der Waals surface area contributed by atoms with Gasteiger partial charge in [0.15, 0.2) is 5.75 Å². The van der Waals surface area contributed by atoms with Crippen LogP contribution < -0.4 is 4.74 Å². The normalized spacial score (nSPS) is 11.8. The summed E-state index contributed by atoms with van der Waals surface area (Å²) in [7, 11) is 0. The highest BCUT2D eigenvalue weighted by Crippen LogP contribution is 2.35. The molecule has 4 aromatic rings. The van der Waals surface area contributed by atoms with Crippen molar-refractivity contribution in [3.63, 3.8) is 0 Å². The highest BCUT2D eigenvalue weighted by Gasteiger charge is 2.31. The van der Waals surface area contributed by atoms with Crippen molar-refractivity contribution in [1.82, 2.24) is 9.78 Å². The van der Waals surface area contributed by atoms with Crippen LogP contribution in [0.15, 0.2) is 48.5 Å². The molecule has 2 heterocycles. The monoisotopic (exact) mass is 470 g/mol. The third-order valence-corrected chi connectivity index (χ3v) is 6.17. The molecule has 4 rings (SSSR count). The number of aryl methyl sites for hydroxylation is 1.